The van der Waals surface area contributed by atoms with Gasteiger partial charge in [0, 0.05) is 21.8 Å². The van der Waals surface area contributed by atoms with Gasteiger partial charge in [0.25, 0.3) is 11.7 Å². The second-order valence-electron chi connectivity index (χ2n) is 7.02. The molecule has 0 radical (unpaired) electrons. The fourth-order valence-corrected chi connectivity index (χ4v) is 4.13. The second-order valence-corrected chi connectivity index (χ2v) is 7.86. The number of nitrogens with zero attached hydrogens (tertiary/aromatic N) is 1. The van der Waals surface area contributed by atoms with Crippen LogP contribution < -0.4 is 9.64 Å². The largest absolute Gasteiger partial charge is 0.507 e. The van der Waals surface area contributed by atoms with Crippen molar-refractivity contribution < 1.29 is 23.8 Å². The minimum Gasteiger partial charge on any atom is -0.507 e. The second kappa shape index (κ2) is 8.65. The van der Waals surface area contributed by atoms with Crippen molar-refractivity contribution in [3.63, 3.8) is 0 Å². The smallest absolute Gasteiger partial charge is 0.300 e. The van der Waals surface area contributed by atoms with Gasteiger partial charge in [-0.25, -0.2) is 4.39 Å². The maximum atomic E-state index is 14.9. The van der Waals surface area contributed by atoms with E-state index in [1.165, 1.54) is 55.6 Å². The molecule has 4 rings (SSSR count). The molecule has 3 aromatic rings. The SMILES string of the molecule is COc1ccc(N2C(=O)C(=O)/C(=C(/O)c3cccc(Cl)c3)C2c2ccccc2F)cc1Cl. The summed E-state index contributed by atoms with van der Waals surface area (Å²) >= 11 is 12.3. The van der Waals surface area contributed by atoms with Crippen LogP contribution in [-0.4, -0.2) is 23.9 Å². The van der Waals surface area contributed by atoms with Crippen molar-refractivity contribution in [2.24, 2.45) is 0 Å². The van der Waals surface area contributed by atoms with Crippen LogP contribution in [0.15, 0.2) is 72.3 Å². The summed E-state index contributed by atoms with van der Waals surface area (Å²) in [5, 5.41) is 11.5. The number of Topliss-reactive ketones (excluding diaryl/α,β-unsaturated/α-hetero) is 1. The summed E-state index contributed by atoms with van der Waals surface area (Å²) in [4.78, 5) is 27.3. The Labute approximate surface area is 193 Å². The minimum atomic E-state index is -1.22. The predicted octanol–water partition coefficient (Wildman–Crippen LogP) is 5.77. The van der Waals surface area contributed by atoms with Gasteiger partial charge in [-0.2, -0.15) is 0 Å². The highest BCUT2D eigenvalue weighted by molar-refractivity contribution is 6.52. The molecule has 1 unspecified atom stereocenters. The van der Waals surface area contributed by atoms with E-state index in [9.17, 15) is 19.1 Å². The number of amides is 1. The normalized spacial score (nSPS) is 17.6. The summed E-state index contributed by atoms with van der Waals surface area (Å²) in [7, 11) is 1.44. The standard InChI is InChI=1S/C24H16Cl2FNO4/c1-32-19-10-9-15(12-17(19)26)28-21(16-7-2-3-8-18(16)27)20(23(30)24(28)31)22(29)13-5-4-6-14(25)11-13/h2-12,21,29H,1H3/b22-20+. The maximum absolute atomic E-state index is 14.9. The van der Waals surface area contributed by atoms with Crippen LogP contribution in [-0.2, 0) is 9.59 Å². The van der Waals surface area contributed by atoms with Crippen LogP contribution in [0.25, 0.3) is 5.76 Å². The van der Waals surface area contributed by atoms with E-state index in [2.05, 4.69) is 0 Å². The first kappa shape index (κ1) is 21.9. The Morgan fingerprint density at radius 1 is 1.03 bits per heavy atom. The molecule has 1 aliphatic rings. The number of hydrogen-bond donors (Lipinski definition) is 1. The van der Waals surface area contributed by atoms with Gasteiger partial charge in [-0.1, -0.05) is 53.5 Å². The van der Waals surface area contributed by atoms with E-state index in [0.717, 1.165) is 4.90 Å². The molecule has 0 saturated carbocycles. The van der Waals surface area contributed by atoms with Gasteiger partial charge >= 0.3 is 0 Å². The van der Waals surface area contributed by atoms with Crippen molar-refractivity contribution >= 4 is 46.3 Å². The van der Waals surface area contributed by atoms with E-state index in [4.69, 9.17) is 27.9 Å². The van der Waals surface area contributed by atoms with E-state index in [-0.39, 0.29) is 27.4 Å². The first-order valence-electron chi connectivity index (χ1n) is 9.48. The molecule has 1 aliphatic heterocycles. The van der Waals surface area contributed by atoms with Crippen LogP contribution in [0.3, 0.4) is 0 Å². The molecule has 1 amide bonds. The van der Waals surface area contributed by atoms with Gasteiger partial charge in [-0.3, -0.25) is 14.5 Å². The van der Waals surface area contributed by atoms with Crippen molar-refractivity contribution in [2.45, 2.75) is 6.04 Å². The predicted molar refractivity (Wildman–Crippen MR) is 121 cm³/mol. The highest BCUT2D eigenvalue weighted by Gasteiger charge is 2.48. The average Bonchev–Trinajstić information content (AvgIpc) is 3.04. The molecule has 0 aliphatic carbocycles. The third kappa shape index (κ3) is 3.72. The van der Waals surface area contributed by atoms with E-state index in [1.807, 2.05) is 0 Å². The minimum absolute atomic E-state index is 0.0437. The zero-order valence-electron chi connectivity index (χ0n) is 16.7. The van der Waals surface area contributed by atoms with Gasteiger partial charge in [0.15, 0.2) is 0 Å². The van der Waals surface area contributed by atoms with Gasteiger partial charge < -0.3 is 9.84 Å². The number of ketones is 1. The first-order valence-corrected chi connectivity index (χ1v) is 10.2. The molecule has 3 aromatic carbocycles. The zero-order chi connectivity index (χ0) is 23.0. The number of aliphatic hydroxyl groups excluding tert-OH is 1. The fraction of sp³-hybridized carbons (Fsp3) is 0.0833. The number of carbonyl (C=O) groups excluding carboxylic acids is 2. The van der Waals surface area contributed by atoms with E-state index < -0.39 is 29.3 Å². The number of aliphatic hydroxyl groups is 1. The highest BCUT2D eigenvalue weighted by Crippen LogP contribution is 2.44. The fourth-order valence-electron chi connectivity index (χ4n) is 3.69. The number of hydrogen-bond acceptors (Lipinski definition) is 4. The molecule has 32 heavy (non-hydrogen) atoms. The lowest BCUT2D eigenvalue weighted by atomic mass is 9.94. The number of anilines is 1. The van der Waals surface area contributed by atoms with Crippen molar-refractivity contribution in [1.82, 2.24) is 0 Å². The van der Waals surface area contributed by atoms with E-state index >= 15 is 0 Å². The van der Waals surface area contributed by atoms with Crippen LogP contribution in [0, 0.1) is 5.82 Å². The molecule has 1 atom stereocenters. The van der Waals surface area contributed by atoms with Crippen molar-refractivity contribution in [3.05, 3.63) is 99.3 Å². The topological polar surface area (TPSA) is 66.8 Å². The van der Waals surface area contributed by atoms with E-state index in [0.29, 0.717) is 10.8 Å². The molecule has 0 bridgehead atoms. The van der Waals surface area contributed by atoms with Crippen LogP contribution in [0.5, 0.6) is 5.75 Å². The Hall–Kier alpha value is -3.35. The van der Waals surface area contributed by atoms with E-state index in [1.54, 1.807) is 18.2 Å². The quantitative estimate of drug-likeness (QED) is 0.298. The number of ether oxygens (including phenoxy) is 1. The summed E-state index contributed by atoms with van der Waals surface area (Å²) in [5.41, 5.74) is 0.262. The molecule has 1 heterocycles. The molecule has 162 valence electrons. The van der Waals surface area contributed by atoms with Crippen molar-refractivity contribution in [2.75, 3.05) is 12.0 Å². The van der Waals surface area contributed by atoms with Gasteiger partial charge in [0.1, 0.15) is 17.3 Å². The van der Waals surface area contributed by atoms with Gasteiger partial charge in [0.05, 0.1) is 23.7 Å². The lowest BCUT2D eigenvalue weighted by Crippen LogP contribution is -2.29. The summed E-state index contributed by atoms with van der Waals surface area (Å²) < 4.78 is 20.0. The van der Waals surface area contributed by atoms with Crippen LogP contribution in [0.1, 0.15) is 17.2 Å². The summed E-state index contributed by atoms with van der Waals surface area (Å²) in [5.74, 6) is -2.61. The van der Waals surface area contributed by atoms with Crippen molar-refractivity contribution in [1.29, 1.82) is 0 Å². The number of benzene rings is 3. The van der Waals surface area contributed by atoms with Gasteiger partial charge in [0.2, 0.25) is 0 Å². The van der Waals surface area contributed by atoms with Gasteiger partial charge in [-0.05, 0) is 36.4 Å². The first-order chi connectivity index (χ1) is 15.3. The highest BCUT2D eigenvalue weighted by atomic mass is 35.5. The zero-order valence-corrected chi connectivity index (χ0v) is 18.2. The lowest BCUT2D eigenvalue weighted by molar-refractivity contribution is -0.132. The average molecular weight is 472 g/mol. The number of methoxy groups -OCH3 is 1. The Kier molecular flexibility index (Phi) is 5.91. The third-order valence-electron chi connectivity index (χ3n) is 5.16. The van der Waals surface area contributed by atoms with Crippen LogP contribution in [0.4, 0.5) is 10.1 Å². The Morgan fingerprint density at radius 2 is 1.78 bits per heavy atom. The van der Waals surface area contributed by atoms with Crippen LogP contribution >= 0.6 is 23.2 Å². The molecule has 0 spiro atoms. The summed E-state index contributed by atoms with van der Waals surface area (Å²) in [6.07, 6.45) is 0. The van der Waals surface area contributed by atoms with Crippen LogP contribution in [0.2, 0.25) is 10.0 Å². The molecule has 8 heteroatoms. The van der Waals surface area contributed by atoms with Crippen molar-refractivity contribution in [3.8, 4) is 5.75 Å². The third-order valence-corrected chi connectivity index (χ3v) is 5.69. The number of halogens is 3. The summed E-state index contributed by atoms with van der Waals surface area (Å²) in [6, 6.07) is 15.2. The Morgan fingerprint density at radius 3 is 2.44 bits per heavy atom. The number of rotatable bonds is 4. The Balaban J connectivity index is 1.97. The molecular weight excluding hydrogens is 456 g/mol. The monoisotopic (exact) mass is 471 g/mol. The summed E-state index contributed by atoms with van der Waals surface area (Å²) in [6.45, 7) is 0. The molecule has 0 aromatic heterocycles. The Bertz CT molecular complexity index is 1270. The lowest BCUT2D eigenvalue weighted by Gasteiger charge is -2.26. The molecular formula is C24H16Cl2FNO4. The maximum Gasteiger partial charge on any atom is 0.300 e. The number of carbonyl (C=O) groups is 2. The molecule has 1 N–H and O–H groups in total. The van der Waals surface area contributed by atoms with Gasteiger partial charge in [-0.15, -0.1) is 0 Å². The molecule has 1 saturated heterocycles. The molecule has 5 nitrogen and oxygen atoms in total. The molecule has 1 fully saturated rings.